The molecule has 5 N–H and O–H groups in total. The number of rotatable bonds is 4. The monoisotopic (exact) mass is 297 g/mol. The average Bonchev–Trinajstić information content (AvgIpc) is 2.33. The van der Waals surface area contributed by atoms with Crippen molar-refractivity contribution in [2.75, 3.05) is 12.3 Å². The van der Waals surface area contributed by atoms with E-state index in [-0.39, 0.29) is 6.54 Å². The van der Waals surface area contributed by atoms with Gasteiger partial charge in [-0.25, -0.2) is 9.78 Å². The Morgan fingerprint density at radius 3 is 2.62 bits per heavy atom. The summed E-state index contributed by atoms with van der Waals surface area (Å²) in [6.07, 6.45) is -1.60. The van der Waals surface area contributed by atoms with E-state index in [1.165, 1.54) is 6.20 Å². The third kappa shape index (κ3) is 5.57. The zero-order chi connectivity index (χ0) is 16.2. The first-order valence-electron chi connectivity index (χ1n) is 6.65. The van der Waals surface area contributed by atoms with Gasteiger partial charge in [0.15, 0.2) is 0 Å². The second-order valence-electron chi connectivity index (χ2n) is 5.86. The lowest BCUT2D eigenvalue weighted by atomic mass is 10.0. The van der Waals surface area contributed by atoms with E-state index in [0.717, 1.165) is 0 Å². The third-order valence-corrected chi connectivity index (χ3v) is 2.71. The molecule has 0 aliphatic carbocycles. The summed E-state index contributed by atoms with van der Waals surface area (Å²) < 4.78 is 5.04. The molecule has 2 unspecified atom stereocenters. The number of aliphatic hydroxyl groups is 2. The van der Waals surface area contributed by atoms with Gasteiger partial charge in [0.05, 0.1) is 0 Å². The van der Waals surface area contributed by atoms with Crippen molar-refractivity contribution in [3.63, 3.8) is 0 Å². The van der Waals surface area contributed by atoms with E-state index in [1.54, 1.807) is 33.8 Å². The van der Waals surface area contributed by atoms with Crippen molar-refractivity contribution in [1.82, 2.24) is 10.3 Å². The molecule has 1 aromatic heterocycles. The van der Waals surface area contributed by atoms with Gasteiger partial charge in [-0.05, 0) is 39.3 Å². The number of pyridine rings is 1. The first kappa shape index (κ1) is 17.2. The molecule has 0 aliphatic heterocycles. The summed E-state index contributed by atoms with van der Waals surface area (Å²) in [6.45, 7) is 6.83. The van der Waals surface area contributed by atoms with Gasteiger partial charge < -0.3 is 26.0 Å². The molecule has 7 heteroatoms. The van der Waals surface area contributed by atoms with Crippen molar-refractivity contribution in [3.8, 4) is 0 Å². The SMILES string of the molecule is Cc1cc(N)ncc1C(O)C(O)CNC(=O)OC(C)(C)C. The van der Waals surface area contributed by atoms with Gasteiger partial charge in [0.2, 0.25) is 0 Å². The van der Waals surface area contributed by atoms with E-state index >= 15 is 0 Å². The molecule has 21 heavy (non-hydrogen) atoms. The Labute approximate surface area is 124 Å². The Kier molecular flexibility index (Phi) is 5.51. The zero-order valence-corrected chi connectivity index (χ0v) is 12.8. The van der Waals surface area contributed by atoms with Crippen molar-refractivity contribution >= 4 is 11.9 Å². The van der Waals surface area contributed by atoms with Crippen molar-refractivity contribution in [3.05, 3.63) is 23.4 Å². The highest BCUT2D eigenvalue weighted by Gasteiger charge is 2.22. The molecule has 118 valence electrons. The first-order valence-corrected chi connectivity index (χ1v) is 6.65. The van der Waals surface area contributed by atoms with E-state index in [2.05, 4.69) is 10.3 Å². The van der Waals surface area contributed by atoms with Crippen LogP contribution in [0.15, 0.2) is 12.3 Å². The fourth-order valence-corrected chi connectivity index (χ4v) is 1.72. The minimum Gasteiger partial charge on any atom is -0.444 e. The van der Waals surface area contributed by atoms with Crippen molar-refractivity contribution in [1.29, 1.82) is 0 Å². The third-order valence-electron chi connectivity index (χ3n) is 2.71. The Morgan fingerprint density at radius 2 is 2.10 bits per heavy atom. The van der Waals surface area contributed by atoms with Crippen LogP contribution < -0.4 is 11.1 Å². The summed E-state index contributed by atoms with van der Waals surface area (Å²) in [5, 5.41) is 22.4. The van der Waals surface area contributed by atoms with Crippen LogP contribution in [0, 0.1) is 6.92 Å². The van der Waals surface area contributed by atoms with Crippen LogP contribution in [0.2, 0.25) is 0 Å². The molecule has 0 radical (unpaired) electrons. The van der Waals surface area contributed by atoms with Crippen LogP contribution in [-0.4, -0.2) is 39.5 Å². The molecule has 0 bridgehead atoms. The fourth-order valence-electron chi connectivity index (χ4n) is 1.72. The van der Waals surface area contributed by atoms with Crippen LogP contribution in [-0.2, 0) is 4.74 Å². The van der Waals surface area contributed by atoms with Gasteiger partial charge in [0.25, 0.3) is 0 Å². The van der Waals surface area contributed by atoms with Crippen molar-refractivity contribution in [2.24, 2.45) is 0 Å². The van der Waals surface area contributed by atoms with Crippen LogP contribution >= 0.6 is 0 Å². The molecule has 2 atom stereocenters. The highest BCUT2D eigenvalue weighted by molar-refractivity contribution is 5.67. The minimum atomic E-state index is -1.18. The summed E-state index contributed by atoms with van der Waals surface area (Å²) in [5.41, 5.74) is 6.09. The molecule has 0 spiro atoms. The van der Waals surface area contributed by atoms with E-state index in [9.17, 15) is 15.0 Å². The van der Waals surface area contributed by atoms with Gasteiger partial charge in [0.1, 0.15) is 23.6 Å². The van der Waals surface area contributed by atoms with E-state index in [1.807, 2.05) is 0 Å². The Hall–Kier alpha value is -1.86. The lowest BCUT2D eigenvalue weighted by Crippen LogP contribution is -2.39. The highest BCUT2D eigenvalue weighted by atomic mass is 16.6. The number of amides is 1. The predicted molar refractivity (Wildman–Crippen MR) is 78.6 cm³/mol. The Balaban J connectivity index is 2.59. The molecule has 1 aromatic rings. The normalized spacial score (nSPS) is 14.4. The molecule has 0 saturated heterocycles. The van der Waals surface area contributed by atoms with Crippen LogP contribution in [0.3, 0.4) is 0 Å². The summed E-state index contributed by atoms with van der Waals surface area (Å²) in [6, 6.07) is 1.60. The second kappa shape index (κ2) is 6.73. The largest absolute Gasteiger partial charge is 0.444 e. The average molecular weight is 297 g/mol. The van der Waals surface area contributed by atoms with Gasteiger partial charge in [-0.3, -0.25) is 0 Å². The number of aryl methyl sites for hydroxylation is 1. The number of nitrogen functional groups attached to an aromatic ring is 1. The number of carbonyl (C=O) groups is 1. The number of anilines is 1. The van der Waals surface area contributed by atoms with Gasteiger partial charge >= 0.3 is 6.09 Å². The molecular formula is C14H23N3O4. The Bertz CT molecular complexity index is 499. The molecule has 1 amide bonds. The zero-order valence-electron chi connectivity index (χ0n) is 12.8. The molecular weight excluding hydrogens is 274 g/mol. The van der Waals surface area contributed by atoms with E-state index in [0.29, 0.717) is 16.9 Å². The second-order valence-corrected chi connectivity index (χ2v) is 5.86. The number of hydrogen-bond acceptors (Lipinski definition) is 6. The number of carbonyl (C=O) groups excluding carboxylic acids is 1. The predicted octanol–water partition coefficient (Wildman–Crippen LogP) is 0.891. The smallest absolute Gasteiger partial charge is 0.407 e. The molecule has 0 fully saturated rings. The van der Waals surface area contributed by atoms with Crippen LogP contribution in [0.5, 0.6) is 0 Å². The number of hydrogen-bond donors (Lipinski definition) is 4. The highest BCUT2D eigenvalue weighted by Crippen LogP contribution is 2.21. The topological polar surface area (TPSA) is 118 Å². The van der Waals surface area contributed by atoms with E-state index in [4.69, 9.17) is 10.5 Å². The fraction of sp³-hybridized carbons (Fsp3) is 0.571. The standard InChI is InChI=1S/C14H23N3O4/c1-8-5-11(15)16-6-9(8)12(19)10(18)7-17-13(20)21-14(2,3)4/h5-6,10,12,18-19H,7H2,1-4H3,(H2,15,16)(H,17,20). The van der Waals surface area contributed by atoms with Crippen molar-refractivity contribution in [2.45, 2.75) is 45.5 Å². The number of nitrogens with two attached hydrogens (primary N) is 1. The maximum Gasteiger partial charge on any atom is 0.407 e. The number of aliphatic hydroxyl groups excluding tert-OH is 2. The molecule has 1 heterocycles. The molecule has 1 rings (SSSR count). The first-order chi connectivity index (χ1) is 9.60. The molecule has 0 aliphatic rings. The summed E-state index contributed by atoms with van der Waals surface area (Å²) >= 11 is 0. The van der Waals surface area contributed by atoms with Crippen molar-refractivity contribution < 1.29 is 19.7 Å². The van der Waals surface area contributed by atoms with Crippen LogP contribution in [0.25, 0.3) is 0 Å². The molecule has 0 saturated carbocycles. The van der Waals surface area contributed by atoms with Gasteiger partial charge in [0, 0.05) is 18.3 Å². The quantitative estimate of drug-likeness (QED) is 0.655. The summed E-state index contributed by atoms with van der Waals surface area (Å²) in [4.78, 5) is 15.4. The summed E-state index contributed by atoms with van der Waals surface area (Å²) in [7, 11) is 0. The summed E-state index contributed by atoms with van der Waals surface area (Å²) in [5.74, 6) is 0.338. The Morgan fingerprint density at radius 1 is 1.48 bits per heavy atom. The molecule has 7 nitrogen and oxygen atoms in total. The minimum absolute atomic E-state index is 0.139. The lowest BCUT2D eigenvalue weighted by molar-refractivity contribution is 0.0125. The number of aromatic nitrogens is 1. The van der Waals surface area contributed by atoms with Crippen LogP contribution in [0.1, 0.15) is 38.0 Å². The maximum atomic E-state index is 11.5. The number of alkyl carbamates (subject to hydrolysis) is 1. The number of ether oxygens (including phenoxy) is 1. The van der Waals surface area contributed by atoms with Gasteiger partial charge in [-0.1, -0.05) is 0 Å². The van der Waals surface area contributed by atoms with Gasteiger partial charge in [-0.15, -0.1) is 0 Å². The maximum absolute atomic E-state index is 11.5. The van der Waals surface area contributed by atoms with Crippen LogP contribution in [0.4, 0.5) is 10.6 Å². The van der Waals surface area contributed by atoms with E-state index < -0.39 is 23.9 Å². The van der Waals surface area contributed by atoms with Gasteiger partial charge in [-0.2, -0.15) is 0 Å². The lowest BCUT2D eigenvalue weighted by Gasteiger charge is -2.22. The number of nitrogens with zero attached hydrogens (tertiary/aromatic N) is 1. The number of nitrogens with one attached hydrogen (secondary N) is 1. The molecule has 0 aromatic carbocycles.